The maximum atomic E-state index is 11.9. The molecule has 3 N–H and O–H groups in total. The lowest BCUT2D eigenvalue weighted by Gasteiger charge is -2.24. The summed E-state index contributed by atoms with van der Waals surface area (Å²) in [6, 6.07) is 13.8. The van der Waals surface area contributed by atoms with Gasteiger partial charge in [-0.25, -0.2) is 9.59 Å². The van der Waals surface area contributed by atoms with Crippen LogP contribution in [0.15, 0.2) is 54.6 Å². The number of carboxylic acid groups (broad SMARTS) is 1. The summed E-state index contributed by atoms with van der Waals surface area (Å²) in [7, 11) is 0. The SMILES string of the molecule is CC(C)(C)OC(=O)N[C@H](C(=O)O)[C@@H](O)c1cccc(Oc2ccccc2)c1. The van der Waals surface area contributed by atoms with Crippen molar-refractivity contribution in [1.29, 1.82) is 0 Å². The summed E-state index contributed by atoms with van der Waals surface area (Å²) in [5.74, 6) is -0.354. The number of hydrogen-bond donors (Lipinski definition) is 3. The van der Waals surface area contributed by atoms with Gasteiger partial charge in [0.15, 0.2) is 6.04 Å². The molecule has 2 aromatic rings. The molecule has 27 heavy (non-hydrogen) atoms. The van der Waals surface area contributed by atoms with Gasteiger partial charge in [0, 0.05) is 0 Å². The number of rotatable bonds is 6. The van der Waals surface area contributed by atoms with Crippen LogP contribution in [-0.2, 0) is 9.53 Å². The van der Waals surface area contributed by atoms with E-state index < -0.39 is 29.8 Å². The Hall–Kier alpha value is -3.06. The third-order valence-electron chi connectivity index (χ3n) is 3.43. The molecule has 0 spiro atoms. The molecule has 0 saturated heterocycles. The minimum absolute atomic E-state index is 0.284. The number of nitrogens with one attached hydrogen (secondary N) is 1. The Morgan fingerprint density at radius 2 is 1.63 bits per heavy atom. The molecule has 0 saturated carbocycles. The quantitative estimate of drug-likeness (QED) is 0.716. The van der Waals surface area contributed by atoms with Crippen molar-refractivity contribution in [3.05, 3.63) is 60.2 Å². The monoisotopic (exact) mass is 373 g/mol. The average Bonchev–Trinajstić information content (AvgIpc) is 2.58. The van der Waals surface area contributed by atoms with E-state index in [1.807, 2.05) is 18.2 Å². The van der Waals surface area contributed by atoms with Crippen molar-refractivity contribution in [1.82, 2.24) is 5.32 Å². The van der Waals surface area contributed by atoms with Crippen LogP contribution in [0.2, 0.25) is 0 Å². The summed E-state index contributed by atoms with van der Waals surface area (Å²) < 4.78 is 10.7. The lowest BCUT2D eigenvalue weighted by atomic mass is 10.0. The van der Waals surface area contributed by atoms with E-state index in [9.17, 15) is 19.8 Å². The molecular weight excluding hydrogens is 350 g/mol. The summed E-state index contributed by atoms with van der Waals surface area (Å²) in [4.78, 5) is 23.4. The molecule has 0 aliphatic heterocycles. The molecule has 0 aliphatic rings. The predicted octanol–water partition coefficient (Wildman–Crippen LogP) is 3.49. The number of para-hydroxylation sites is 1. The molecule has 2 aromatic carbocycles. The number of amides is 1. The molecule has 0 heterocycles. The maximum absolute atomic E-state index is 11.9. The van der Waals surface area contributed by atoms with Gasteiger partial charge in [0.1, 0.15) is 23.2 Å². The van der Waals surface area contributed by atoms with Crippen LogP contribution in [0, 0.1) is 0 Å². The summed E-state index contributed by atoms with van der Waals surface area (Å²) >= 11 is 0. The highest BCUT2D eigenvalue weighted by molar-refractivity contribution is 5.81. The molecular formula is C20H23NO6. The lowest BCUT2D eigenvalue weighted by molar-refractivity contribution is -0.142. The Bertz CT molecular complexity index is 785. The van der Waals surface area contributed by atoms with Crippen LogP contribution in [0.25, 0.3) is 0 Å². The van der Waals surface area contributed by atoms with E-state index in [0.29, 0.717) is 11.5 Å². The summed E-state index contributed by atoms with van der Waals surface area (Å²) in [5.41, 5.74) is -0.506. The van der Waals surface area contributed by atoms with Gasteiger partial charge in [0.2, 0.25) is 0 Å². The zero-order valence-electron chi connectivity index (χ0n) is 15.4. The van der Waals surface area contributed by atoms with E-state index in [2.05, 4.69) is 5.32 Å². The number of carbonyl (C=O) groups is 2. The minimum Gasteiger partial charge on any atom is -0.480 e. The highest BCUT2D eigenvalue weighted by Gasteiger charge is 2.31. The van der Waals surface area contributed by atoms with Crippen LogP contribution < -0.4 is 10.1 Å². The van der Waals surface area contributed by atoms with Crippen LogP contribution in [-0.4, -0.2) is 33.9 Å². The topological polar surface area (TPSA) is 105 Å². The second-order valence-corrected chi connectivity index (χ2v) is 6.89. The van der Waals surface area contributed by atoms with Gasteiger partial charge in [0.05, 0.1) is 0 Å². The average molecular weight is 373 g/mol. The number of aliphatic hydroxyl groups excluding tert-OH is 1. The Kier molecular flexibility index (Phi) is 6.41. The molecule has 0 unspecified atom stereocenters. The van der Waals surface area contributed by atoms with Crippen molar-refractivity contribution in [2.45, 2.75) is 38.5 Å². The first kappa shape index (κ1) is 20.3. The Morgan fingerprint density at radius 3 is 2.22 bits per heavy atom. The molecule has 7 heteroatoms. The van der Waals surface area contributed by atoms with Gasteiger partial charge in [-0.2, -0.15) is 0 Å². The minimum atomic E-state index is -1.58. The second kappa shape index (κ2) is 8.55. The molecule has 0 aliphatic carbocycles. The molecule has 2 rings (SSSR count). The van der Waals surface area contributed by atoms with Crippen LogP contribution in [0.4, 0.5) is 4.79 Å². The zero-order chi connectivity index (χ0) is 20.0. The van der Waals surface area contributed by atoms with Gasteiger partial charge in [-0.1, -0.05) is 30.3 Å². The molecule has 0 fully saturated rings. The number of carbonyl (C=O) groups excluding carboxylic acids is 1. The third kappa shape index (κ3) is 6.31. The molecule has 144 valence electrons. The number of carboxylic acids is 1. The highest BCUT2D eigenvalue weighted by atomic mass is 16.6. The van der Waals surface area contributed by atoms with Crippen molar-refractivity contribution in [2.24, 2.45) is 0 Å². The van der Waals surface area contributed by atoms with Crippen LogP contribution in [0.5, 0.6) is 11.5 Å². The fourth-order valence-electron chi connectivity index (χ4n) is 2.29. The normalized spacial score (nSPS) is 13.3. The molecule has 0 radical (unpaired) electrons. The van der Waals surface area contributed by atoms with Crippen molar-refractivity contribution < 1.29 is 29.3 Å². The summed E-state index contributed by atoms with van der Waals surface area (Å²) in [5, 5.41) is 22.1. The van der Waals surface area contributed by atoms with Gasteiger partial charge in [0.25, 0.3) is 0 Å². The standard InChI is InChI=1S/C20H23NO6/c1-20(2,3)27-19(25)21-16(18(23)24)17(22)13-8-7-11-15(12-13)26-14-9-5-4-6-10-14/h4-12,16-17,22H,1-3H3,(H,21,25)(H,23,24)/t16-,17-/m0/s1. The van der Waals surface area contributed by atoms with E-state index in [-0.39, 0.29) is 5.56 Å². The van der Waals surface area contributed by atoms with Gasteiger partial charge in [-0.15, -0.1) is 0 Å². The highest BCUT2D eigenvalue weighted by Crippen LogP contribution is 2.26. The van der Waals surface area contributed by atoms with E-state index >= 15 is 0 Å². The first-order chi connectivity index (χ1) is 12.7. The first-order valence-electron chi connectivity index (χ1n) is 8.39. The Labute approximate surface area is 157 Å². The van der Waals surface area contributed by atoms with Crippen molar-refractivity contribution in [3.8, 4) is 11.5 Å². The zero-order valence-corrected chi connectivity index (χ0v) is 15.4. The largest absolute Gasteiger partial charge is 0.480 e. The Balaban J connectivity index is 2.15. The number of aliphatic carboxylic acids is 1. The van der Waals surface area contributed by atoms with Crippen LogP contribution in [0.1, 0.15) is 32.4 Å². The lowest BCUT2D eigenvalue weighted by Crippen LogP contribution is -2.46. The molecule has 0 bridgehead atoms. The van der Waals surface area contributed by atoms with Crippen molar-refractivity contribution in [2.75, 3.05) is 0 Å². The van der Waals surface area contributed by atoms with E-state index in [4.69, 9.17) is 9.47 Å². The van der Waals surface area contributed by atoms with Crippen molar-refractivity contribution >= 4 is 12.1 Å². The Morgan fingerprint density at radius 1 is 1.00 bits per heavy atom. The van der Waals surface area contributed by atoms with Gasteiger partial charge >= 0.3 is 12.1 Å². The molecule has 1 amide bonds. The fourth-order valence-corrected chi connectivity index (χ4v) is 2.29. The first-order valence-corrected chi connectivity index (χ1v) is 8.39. The number of benzene rings is 2. The van der Waals surface area contributed by atoms with Crippen LogP contribution in [0.3, 0.4) is 0 Å². The van der Waals surface area contributed by atoms with E-state index in [0.717, 1.165) is 0 Å². The number of aliphatic hydroxyl groups is 1. The van der Waals surface area contributed by atoms with Gasteiger partial charge in [-0.05, 0) is 50.6 Å². The summed E-state index contributed by atoms with van der Waals surface area (Å²) in [6.45, 7) is 4.97. The maximum Gasteiger partial charge on any atom is 0.408 e. The number of ether oxygens (including phenoxy) is 2. The predicted molar refractivity (Wildman–Crippen MR) is 98.7 cm³/mol. The van der Waals surface area contributed by atoms with Crippen molar-refractivity contribution in [3.63, 3.8) is 0 Å². The number of alkyl carbamates (subject to hydrolysis) is 1. The smallest absolute Gasteiger partial charge is 0.408 e. The number of hydrogen-bond acceptors (Lipinski definition) is 5. The molecule has 7 nitrogen and oxygen atoms in total. The van der Waals surface area contributed by atoms with Crippen LogP contribution >= 0.6 is 0 Å². The summed E-state index contributed by atoms with van der Waals surface area (Å²) in [6.07, 6.45) is -2.42. The fraction of sp³-hybridized carbons (Fsp3) is 0.300. The van der Waals surface area contributed by atoms with Gasteiger partial charge < -0.3 is 25.0 Å². The van der Waals surface area contributed by atoms with Gasteiger partial charge in [-0.3, -0.25) is 0 Å². The van der Waals surface area contributed by atoms with E-state index in [1.165, 1.54) is 6.07 Å². The molecule has 2 atom stereocenters. The van der Waals surface area contributed by atoms with E-state index in [1.54, 1.807) is 51.1 Å². The molecule has 0 aromatic heterocycles. The third-order valence-corrected chi connectivity index (χ3v) is 3.43. The second-order valence-electron chi connectivity index (χ2n) is 6.89.